The Morgan fingerprint density at radius 3 is 1.68 bits per heavy atom. The van der Waals surface area contributed by atoms with E-state index in [0.717, 1.165) is 12.2 Å². The number of hydrogen-bond donors (Lipinski definition) is 0. The van der Waals surface area contributed by atoms with E-state index in [0.29, 0.717) is 5.92 Å². The van der Waals surface area contributed by atoms with Crippen molar-refractivity contribution < 1.29 is 4.79 Å². The van der Waals surface area contributed by atoms with Gasteiger partial charge in [-0.3, -0.25) is 4.79 Å². The predicted molar refractivity (Wildman–Crippen MR) is 141 cm³/mol. The van der Waals surface area contributed by atoms with Crippen LogP contribution >= 0.6 is 11.8 Å². The number of benzene rings is 1. The highest BCUT2D eigenvalue weighted by molar-refractivity contribution is 8.12. The second kappa shape index (κ2) is 9.62. The van der Waals surface area contributed by atoms with Crippen molar-refractivity contribution in [2.24, 2.45) is 27.1 Å². The maximum atomic E-state index is 11.3. The topological polar surface area (TPSA) is 17.1 Å². The summed E-state index contributed by atoms with van der Waals surface area (Å²) in [7, 11) is 0. The van der Waals surface area contributed by atoms with Crippen molar-refractivity contribution in [3.63, 3.8) is 0 Å². The third-order valence-corrected chi connectivity index (χ3v) is 9.05. The van der Waals surface area contributed by atoms with Crippen molar-refractivity contribution in [1.29, 1.82) is 0 Å². The molecule has 0 heterocycles. The number of hydrogen-bond acceptors (Lipinski definition) is 2. The Kier molecular flexibility index (Phi) is 8.77. The fraction of sp³-hybridized carbons (Fsp3) is 0.759. The van der Waals surface area contributed by atoms with E-state index in [1.165, 1.54) is 29.3 Å². The van der Waals surface area contributed by atoms with E-state index in [9.17, 15) is 4.79 Å². The summed E-state index contributed by atoms with van der Waals surface area (Å²) in [5.74, 6) is 1.22. The molecule has 0 saturated heterocycles. The molecule has 0 N–H and O–H groups in total. The summed E-state index contributed by atoms with van der Waals surface area (Å²) in [4.78, 5) is 11.3. The maximum Gasteiger partial charge on any atom is 0.186 e. The molecule has 0 aromatic heterocycles. The van der Waals surface area contributed by atoms with Crippen LogP contribution in [0.4, 0.5) is 0 Å². The Bertz CT molecular complexity index is 723. The lowest BCUT2D eigenvalue weighted by Gasteiger charge is -2.54. The van der Waals surface area contributed by atoms with Crippen molar-refractivity contribution in [3.8, 4) is 0 Å². The van der Waals surface area contributed by atoms with Crippen molar-refractivity contribution in [1.82, 2.24) is 0 Å². The SMILES string of the molecule is CC(=O)SCc1ccc(C(CC(C)(C)C)C(C)(C)C(C)(C)CC(C)(C)C(C)(C)C)cc1. The van der Waals surface area contributed by atoms with Gasteiger partial charge in [0.05, 0.1) is 0 Å². The van der Waals surface area contributed by atoms with Gasteiger partial charge in [-0.05, 0) is 57.0 Å². The first kappa shape index (κ1) is 28.3. The van der Waals surface area contributed by atoms with Gasteiger partial charge < -0.3 is 0 Å². The minimum Gasteiger partial charge on any atom is -0.288 e. The van der Waals surface area contributed by atoms with E-state index in [1.807, 2.05) is 0 Å². The zero-order chi connectivity index (χ0) is 24.5. The molecule has 0 spiro atoms. The van der Waals surface area contributed by atoms with Gasteiger partial charge in [0.1, 0.15) is 0 Å². The van der Waals surface area contributed by atoms with E-state index in [2.05, 4.69) is 107 Å². The maximum absolute atomic E-state index is 11.3. The van der Waals surface area contributed by atoms with E-state index < -0.39 is 0 Å². The van der Waals surface area contributed by atoms with Gasteiger partial charge in [0, 0.05) is 12.7 Å². The summed E-state index contributed by atoms with van der Waals surface area (Å²) >= 11 is 1.39. The second-order valence-electron chi connectivity index (χ2n) is 13.8. The first-order valence-electron chi connectivity index (χ1n) is 11.9. The third-order valence-electron chi connectivity index (χ3n) is 8.17. The van der Waals surface area contributed by atoms with Gasteiger partial charge in [-0.15, -0.1) is 0 Å². The first-order valence-corrected chi connectivity index (χ1v) is 12.9. The monoisotopic (exact) mass is 446 g/mol. The Labute approximate surface area is 198 Å². The van der Waals surface area contributed by atoms with Gasteiger partial charge in [0.25, 0.3) is 0 Å². The summed E-state index contributed by atoms with van der Waals surface area (Å²) in [6.45, 7) is 30.7. The number of carbonyl (C=O) groups is 1. The van der Waals surface area contributed by atoms with Gasteiger partial charge in [-0.2, -0.15) is 0 Å². The molecule has 178 valence electrons. The molecule has 0 aliphatic heterocycles. The lowest BCUT2D eigenvalue weighted by atomic mass is 9.51. The molecule has 0 aliphatic carbocycles. The molecule has 2 heteroatoms. The molecule has 1 rings (SSSR count). The van der Waals surface area contributed by atoms with Crippen LogP contribution in [0.3, 0.4) is 0 Å². The van der Waals surface area contributed by atoms with Crippen LogP contribution in [0.25, 0.3) is 0 Å². The summed E-state index contributed by atoms with van der Waals surface area (Å²) in [5, 5.41) is 0.180. The predicted octanol–water partition coefficient (Wildman–Crippen LogP) is 9.50. The molecule has 1 unspecified atom stereocenters. The fourth-order valence-corrected chi connectivity index (χ4v) is 5.07. The average Bonchev–Trinajstić information content (AvgIpc) is 2.55. The Hall–Kier alpha value is -0.760. The Morgan fingerprint density at radius 2 is 1.29 bits per heavy atom. The molecule has 1 nitrogen and oxygen atoms in total. The van der Waals surface area contributed by atoms with E-state index in [1.54, 1.807) is 6.92 Å². The minimum absolute atomic E-state index is 0.123. The Morgan fingerprint density at radius 1 is 0.806 bits per heavy atom. The highest BCUT2D eigenvalue weighted by atomic mass is 32.2. The lowest BCUT2D eigenvalue weighted by Crippen LogP contribution is -2.44. The lowest BCUT2D eigenvalue weighted by molar-refractivity contribution is -0.109. The summed E-state index contributed by atoms with van der Waals surface area (Å²) in [5.41, 5.74) is 3.70. The average molecular weight is 447 g/mol. The van der Waals surface area contributed by atoms with Crippen LogP contribution in [-0.2, 0) is 10.5 Å². The molecule has 1 aromatic rings. The first-order chi connectivity index (χ1) is 13.7. The normalized spacial score (nSPS) is 15.1. The number of thioether (sulfide) groups is 1. The molecule has 0 amide bonds. The molecular formula is C29H50OS. The number of rotatable bonds is 8. The van der Waals surface area contributed by atoms with Crippen LogP contribution in [-0.4, -0.2) is 5.12 Å². The van der Waals surface area contributed by atoms with Crippen molar-refractivity contribution in [2.45, 2.75) is 115 Å². The molecule has 31 heavy (non-hydrogen) atoms. The molecule has 1 atom stereocenters. The van der Waals surface area contributed by atoms with Crippen LogP contribution in [0, 0.1) is 27.1 Å². The molecule has 1 aromatic carbocycles. The van der Waals surface area contributed by atoms with Crippen LogP contribution < -0.4 is 0 Å². The number of carbonyl (C=O) groups excluding carboxylic acids is 1. The molecule has 0 saturated carbocycles. The van der Waals surface area contributed by atoms with Crippen molar-refractivity contribution >= 4 is 16.9 Å². The molecule has 0 aliphatic rings. The molecule has 0 radical (unpaired) electrons. The molecular weight excluding hydrogens is 396 g/mol. The van der Waals surface area contributed by atoms with Gasteiger partial charge in [0.2, 0.25) is 0 Å². The minimum atomic E-state index is 0.123. The van der Waals surface area contributed by atoms with Gasteiger partial charge in [0.15, 0.2) is 5.12 Å². The quantitative estimate of drug-likeness (QED) is 0.395. The molecule has 0 fully saturated rings. The highest BCUT2D eigenvalue weighted by Crippen LogP contribution is 2.58. The van der Waals surface area contributed by atoms with Crippen LogP contribution in [0.15, 0.2) is 24.3 Å². The highest BCUT2D eigenvalue weighted by Gasteiger charge is 2.48. The van der Waals surface area contributed by atoms with E-state index in [4.69, 9.17) is 0 Å². The van der Waals surface area contributed by atoms with Crippen molar-refractivity contribution in [2.75, 3.05) is 0 Å². The van der Waals surface area contributed by atoms with Gasteiger partial charge in [-0.25, -0.2) is 0 Å². The van der Waals surface area contributed by atoms with Crippen LogP contribution in [0.5, 0.6) is 0 Å². The third kappa shape index (κ3) is 7.65. The smallest absolute Gasteiger partial charge is 0.186 e. The zero-order valence-electron chi connectivity index (χ0n) is 22.8. The summed E-state index contributed by atoms with van der Waals surface area (Å²) in [6.07, 6.45) is 2.34. The Balaban J connectivity index is 3.34. The summed E-state index contributed by atoms with van der Waals surface area (Å²) in [6, 6.07) is 9.09. The van der Waals surface area contributed by atoms with Gasteiger partial charge in [-0.1, -0.05) is 119 Å². The molecule has 0 bridgehead atoms. The van der Waals surface area contributed by atoms with Gasteiger partial charge >= 0.3 is 0 Å². The zero-order valence-corrected chi connectivity index (χ0v) is 23.6. The standard InChI is InChI=1S/C29H50OS/c1-21(30)31-19-22-14-16-23(17-15-22)24(18-25(2,3)4)29(12,13)28(10,11)20-27(8,9)26(5,6)7/h14-17,24H,18-20H2,1-13H3. The van der Waals surface area contributed by atoms with E-state index >= 15 is 0 Å². The summed E-state index contributed by atoms with van der Waals surface area (Å²) < 4.78 is 0. The largest absolute Gasteiger partial charge is 0.288 e. The van der Waals surface area contributed by atoms with Crippen LogP contribution in [0.1, 0.15) is 120 Å². The van der Waals surface area contributed by atoms with E-state index in [-0.39, 0.29) is 32.2 Å². The van der Waals surface area contributed by atoms with Crippen LogP contribution in [0.2, 0.25) is 0 Å². The second-order valence-corrected chi connectivity index (χ2v) is 14.9. The van der Waals surface area contributed by atoms with Crippen molar-refractivity contribution in [3.05, 3.63) is 35.4 Å². The fourth-order valence-electron chi connectivity index (χ4n) is 4.50.